The molecule has 0 atom stereocenters. The van der Waals surface area contributed by atoms with Crippen molar-refractivity contribution in [1.82, 2.24) is 0 Å². The van der Waals surface area contributed by atoms with Gasteiger partial charge in [-0.15, -0.1) is 0 Å². The lowest BCUT2D eigenvalue weighted by Crippen LogP contribution is -2.52. The normalized spacial score (nSPS) is 26.2. The van der Waals surface area contributed by atoms with Gasteiger partial charge in [0.25, 0.3) is 0 Å². The molecule has 1 aromatic carbocycles. The molecular formula is C16H23BrN2O. The van der Waals surface area contributed by atoms with Crippen molar-refractivity contribution in [1.29, 1.82) is 0 Å². The highest BCUT2D eigenvalue weighted by Gasteiger charge is 2.40. The maximum absolute atomic E-state index is 12.0. The van der Waals surface area contributed by atoms with Gasteiger partial charge in [-0.05, 0) is 59.7 Å². The number of rotatable bonds is 5. The predicted octanol–water partition coefficient (Wildman–Crippen LogP) is 4.08. The third-order valence-corrected chi connectivity index (χ3v) is 5.07. The lowest BCUT2D eigenvalue weighted by Gasteiger charge is -2.39. The summed E-state index contributed by atoms with van der Waals surface area (Å²) in [6.45, 7) is 2.22. The van der Waals surface area contributed by atoms with Gasteiger partial charge in [0.2, 0.25) is 5.91 Å². The van der Waals surface area contributed by atoms with E-state index in [1.54, 1.807) is 0 Å². The monoisotopic (exact) mass is 338 g/mol. The average molecular weight is 339 g/mol. The number of amides is 1. The fourth-order valence-corrected chi connectivity index (χ4v) is 3.50. The first-order chi connectivity index (χ1) is 9.57. The highest BCUT2D eigenvalue weighted by Crippen LogP contribution is 2.37. The van der Waals surface area contributed by atoms with Crippen molar-refractivity contribution in [3.63, 3.8) is 0 Å². The minimum Gasteiger partial charge on any atom is -0.370 e. The average Bonchev–Trinajstić information content (AvgIpc) is 2.44. The Labute approximate surface area is 129 Å². The van der Waals surface area contributed by atoms with Crippen LogP contribution in [0.15, 0.2) is 28.7 Å². The Morgan fingerprint density at radius 2 is 2.05 bits per heavy atom. The molecular weight excluding hydrogens is 316 g/mol. The van der Waals surface area contributed by atoms with Gasteiger partial charge in [-0.2, -0.15) is 0 Å². The van der Waals surface area contributed by atoms with Gasteiger partial charge in [-0.1, -0.05) is 31.9 Å². The maximum Gasteiger partial charge on any atom is 0.243 e. The Hall–Kier alpha value is -1.03. The summed E-state index contributed by atoms with van der Waals surface area (Å²) in [6.07, 6.45) is 6.28. The summed E-state index contributed by atoms with van der Waals surface area (Å²) in [5.74, 6) is 0.511. The smallest absolute Gasteiger partial charge is 0.243 e. The fourth-order valence-electron chi connectivity index (χ4n) is 3.12. The van der Waals surface area contributed by atoms with E-state index in [9.17, 15) is 4.79 Å². The van der Waals surface area contributed by atoms with E-state index in [0.29, 0.717) is 0 Å². The van der Waals surface area contributed by atoms with Crippen LogP contribution in [0.5, 0.6) is 0 Å². The minimum atomic E-state index is -0.589. The number of para-hydroxylation sites is 1. The molecule has 0 heterocycles. The SMILES string of the molecule is CCCC1CCC(Nc2ccccc2Br)(C(N)=O)CC1. The highest BCUT2D eigenvalue weighted by atomic mass is 79.9. The van der Waals surface area contributed by atoms with Crippen LogP contribution in [0.4, 0.5) is 5.69 Å². The van der Waals surface area contributed by atoms with Gasteiger partial charge in [-0.3, -0.25) is 4.79 Å². The fraction of sp³-hybridized carbons (Fsp3) is 0.562. The zero-order valence-electron chi connectivity index (χ0n) is 12.0. The predicted molar refractivity (Wildman–Crippen MR) is 86.6 cm³/mol. The number of primary amides is 1. The molecule has 0 bridgehead atoms. The summed E-state index contributed by atoms with van der Waals surface area (Å²) in [7, 11) is 0. The van der Waals surface area contributed by atoms with E-state index in [2.05, 4.69) is 28.2 Å². The van der Waals surface area contributed by atoms with Gasteiger partial charge < -0.3 is 11.1 Å². The number of carbonyl (C=O) groups excluding carboxylic acids is 1. The number of carbonyl (C=O) groups is 1. The second-order valence-corrected chi connectivity index (χ2v) is 6.64. The molecule has 0 aromatic heterocycles. The molecule has 3 nitrogen and oxygen atoms in total. The molecule has 2 rings (SSSR count). The molecule has 1 fully saturated rings. The van der Waals surface area contributed by atoms with Crippen LogP contribution in [0.2, 0.25) is 0 Å². The van der Waals surface area contributed by atoms with Crippen LogP contribution in [-0.2, 0) is 4.79 Å². The number of hydrogen-bond donors (Lipinski definition) is 2. The van der Waals surface area contributed by atoms with Crippen molar-refractivity contribution in [2.75, 3.05) is 5.32 Å². The second-order valence-electron chi connectivity index (χ2n) is 5.78. The van der Waals surface area contributed by atoms with E-state index in [1.165, 1.54) is 12.8 Å². The lowest BCUT2D eigenvalue weighted by molar-refractivity contribution is -0.123. The van der Waals surface area contributed by atoms with Crippen LogP contribution >= 0.6 is 15.9 Å². The van der Waals surface area contributed by atoms with E-state index >= 15 is 0 Å². The Morgan fingerprint density at radius 3 is 2.60 bits per heavy atom. The molecule has 20 heavy (non-hydrogen) atoms. The quantitative estimate of drug-likeness (QED) is 0.849. The van der Waals surface area contributed by atoms with Crippen LogP contribution < -0.4 is 11.1 Å². The van der Waals surface area contributed by atoms with Gasteiger partial charge in [0.1, 0.15) is 5.54 Å². The third-order valence-electron chi connectivity index (χ3n) is 4.38. The Kier molecular flexibility index (Phi) is 5.08. The summed E-state index contributed by atoms with van der Waals surface area (Å²) in [5, 5.41) is 3.40. The van der Waals surface area contributed by atoms with Gasteiger partial charge in [-0.25, -0.2) is 0 Å². The van der Waals surface area contributed by atoms with E-state index in [-0.39, 0.29) is 5.91 Å². The first-order valence-corrected chi connectivity index (χ1v) is 8.19. The van der Waals surface area contributed by atoms with Crippen molar-refractivity contribution in [3.05, 3.63) is 28.7 Å². The first kappa shape index (κ1) is 15.4. The van der Waals surface area contributed by atoms with Crippen LogP contribution in [-0.4, -0.2) is 11.4 Å². The Balaban J connectivity index is 2.12. The molecule has 1 aliphatic rings. The molecule has 1 amide bonds. The maximum atomic E-state index is 12.0. The molecule has 1 aromatic rings. The second kappa shape index (κ2) is 6.61. The largest absolute Gasteiger partial charge is 0.370 e. The summed E-state index contributed by atoms with van der Waals surface area (Å²) in [5.41, 5.74) is 6.06. The highest BCUT2D eigenvalue weighted by molar-refractivity contribution is 9.10. The molecule has 0 unspecified atom stereocenters. The number of nitrogens with two attached hydrogens (primary N) is 1. The molecule has 0 saturated heterocycles. The number of hydrogen-bond acceptors (Lipinski definition) is 2. The van der Waals surface area contributed by atoms with Gasteiger partial charge >= 0.3 is 0 Å². The van der Waals surface area contributed by atoms with Crippen molar-refractivity contribution >= 4 is 27.5 Å². The number of benzene rings is 1. The summed E-state index contributed by atoms with van der Waals surface area (Å²) >= 11 is 3.52. The van der Waals surface area contributed by atoms with E-state index in [4.69, 9.17) is 5.73 Å². The standard InChI is InChI=1S/C16H23BrN2O/c1-2-5-12-8-10-16(11-9-12,15(18)20)19-14-7-4-3-6-13(14)17/h3-4,6-7,12,19H,2,5,8-11H2,1H3,(H2,18,20). The van der Waals surface area contributed by atoms with E-state index < -0.39 is 5.54 Å². The van der Waals surface area contributed by atoms with Gasteiger partial charge in [0.15, 0.2) is 0 Å². The third kappa shape index (κ3) is 3.35. The minimum absolute atomic E-state index is 0.233. The van der Waals surface area contributed by atoms with Crippen LogP contribution in [0.1, 0.15) is 45.4 Å². The molecule has 110 valence electrons. The van der Waals surface area contributed by atoms with Crippen molar-refractivity contribution < 1.29 is 4.79 Å². The van der Waals surface area contributed by atoms with E-state index in [1.807, 2.05) is 24.3 Å². The summed E-state index contributed by atoms with van der Waals surface area (Å²) in [6, 6.07) is 7.88. The van der Waals surface area contributed by atoms with Gasteiger partial charge in [0.05, 0.1) is 0 Å². The summed E-state index contributed by atoms with van der Waals surface area (Å²) < 4.78 is 0.969. The summed E-state index contributed by atoms with van der Waals surface area (Å²) in [4.78, 5) is 12.0. The Bertz CT molecular complexity index is 467. The molecule has 1 aliphatic carbocycles. The zero-order valence-corrected chi connectivity index (χ0v) is 13.6. The van der Waals surface area contributed by atoms with Crippen molar-refractivity contribution in [3.8, 4) is 0 Å². The van der Waals surface area contributed by atoms with Crippen LogP contribution in [0.3, 0.4) is 0 Å². The lowest BCUT2D eigenvalue weighted by atomic mass is 9.74. The zero-order chi connectivity index (χ0) is 14.6. The molecule has 0 radical (unpaired) electrons. The Morgan fingerprint density at radius 1 is 1.40 bits per heavy atom. The first-order valence-electron chi connectivity index (χ1n) is 7.40. The van der Waals surface area contributed by atoms with Crippen molar-refractivity contribution in [2.24, 2.45) is 11.7 Å². The van der Waals surface area contributed by atoms with Crippen LogP contribution in [0, 0.1) is 5.92 Å². The topological polar surface area (TPSA) is 55.1 Å². The van der Waals surface area contributed by atoms with Crippen molar-refractivity contribution in [2.45, 2.75) is 51.0 Å². The number of halogens is 1. The molecule has 1 saturated carbocycles. The number of anilines is 1. The van der Waals surface area contributed by atoms with E-state index in [0.717, 1.165) is 41.8 Å². The molecule has 4 heteroatoms. The molecule has 3 N–H and O–H groups in total. The van der Waals surface area contributed by atoms with Crippen LogP contribution in [0.25, 0.3) is 0 Å². The molecule has 0 spiro atoms. The molecule has 0 aliphatic heterocycles. The van der Waals surface area contributed by atoms with Gasteiger partial charge in [0, 0.05) is 10.2 Å². The number of nitrogens with one attached hydrogen (secondary N) is 1.